The van der Waals surface area contributed by atoms with Gasteiger partial charge in [0.1, 0.15) is 121 Å². The summed E-state index contributed by atoms with van der Waals surface area (Å²) < 4.78 is 192. The van der Waals surface area contributed by atoms with E-state index in [-0.39, 0.29) is 37.0 Å². The number of esters is 2. The zero-order chi connectivity index (χ0) is 74.6. The lowest BCUT2D eigenvalue weighted by molar-refractivity contribution is -0.403. The maximum Gasteiger partial charge on any atom is 0.397 e. The summed E-state index contributed by atoms with van der Waals surface area (Å²) in [7, 11) is -14.9. The molecule has 10 aliphatic rings. The second-order valence-electron chi connectivity index (χ2n) is 29.9. The molecule has 10 fully saturated rings. The average Bonchev–Trinajstić information content (AvgIpc) is 1.53. The molecule has 6 saturated heterocycles. The second kappa shape index (κ2) is 29.8. The first-order valence-corrected chi connectivity index (χ1v) is 37.7. The molecule has 13 N–H and O–H groups in total. The van der Waals surface area contributed by atoms with Crippen LogP contribution in [0.1, 0.15) is 120 Å². The predicted octanol–water partition coefficient (Wildman–Crippen LogP) is -2.71. The normalized spacial score (nSPS) is 48.7. The van der Waals surface area contributed by atoms with E-state index in [1.54, 1.807) is 6.92 Å². The number of aliphatic hydroxyl groups excluding tert-OH is 9. The fourth-order valence-corrected chi connectivity index (χ4v) is 19.8. The molecule has 10 rings (SSSR count). The molecule has 0 aromatic heterocycles. The number of carbonyl (C=O) groups excluding carboxylic acids is 2. The van der Waals surface area contributed by atoms with Crippen LogP contribution in [0.15, 0.2) is 11.6 Å². The van der Waals surface area contributed by atoms with E-state index in [9.17, 15) is 99.6 Å². The quantitative estimate of drug-likeness (QED) is 0.0227. The lowest BCUT2D eigenvalue weighted by atomic mass is 9.36. The summed E-state index contributed by atoms with van der Waals surface area (Å²) in [5.41, 5.74) is -5.94. The van der Waals surface area contributed by atoms with Gasteiger partial charge >= 0.3 is 43.1 Å². The fraction of sp³-hybridized carbons (Fsp3) is 0.934. The topological polar surface area (TPSA) is 547 Å². The Bertz CT molecular complexity index is 3330. The van der Waals surface area contributed by atoms with Crippen molar-refractivity contribution in [3.05, 3.63) is 11.6 Å². The second-order valence-corrected chi connectivity index (χ2v) is 33.2. The van der Waals surface area contributed by atoms with Crippen LogP contribution in [-0.4, -0.2) is 300 Å². The molecular formula is C61H98O37S3. The molecule has 101 heavy (non-hydrogen) atoms. The molecule has 6 heterocycles. The molecule has 33 atom stereocenters. The summed E-state index contributed by atoms with van der Waals surface area (Å²) in [5, 5.41) is 116. The molecule has 37 nitrogen and oxygen atoms in total. The third-order valence-corrected chi connectivity index (χ3v) is 25.0. The number of aliphatic hydroxyl groups is 10. The van der Waals surface area contributed by atoms with E-state index in [0.717, 1.165) is 12.7 Å². The highest BCUT2D eigenvalue weighted by Gasteiger charge is 2.84. The first-order valence-electron chi connectivity index (χ1n) is 33.6. The maximum absolute atomic E-state index is 15.0. The summed E-state index contributed by atoms with van der Waals surface area (Å²) >= 11 is 0. The van der Waals surface area contributed by atoms with Gasteiger partial charge in [0.25, 0.3) is 0 Å². The highest BCUT2D eigenvalue weighted by Crippen LogP contribution is 2.78. The van der Waals surface area contributed by atoms with Gasteiger partial charge in [-0.1, -0.05) is 39.3 Å². The van der Waals surface area contributed by atoms with E-state index < -0.39 is 256 Å². The first-order chi connectivity index (χ1) is 46.8. The summed E-state index contributed by atoms with van der Waals surface area (Å²) in [6.07, 6.45) is -42.4. The van der Waals surface area contributed by atoms with Crippen LogP contribution in [0.25, 0.3) is 0 Å². The molecule has 0 bridgehead atoms. The molecule has 1 spiro atoms. The Hall–Kier alpha value is -2.55. The van der Waals surface area contributed by atoms with Gasteiger partial charge in [-0.25, -0.2) is 12.5 Å². The van der Waals surface area contributed by atoms with E-state index in [4.69, 9.17) is 65.8 Å². The number of ether oxygens (including phenoxy) is 13. The molecular weight excluding hydrogens is 1420 g/mol. The Morgan fingerprint density at radius 3 is 1.72 bits per heavy atom. The molecule has 6 aliphatic heterocycles. The van der Waals surface area contributed by atoms with Gasteiger partial charge in [0.15, 0.2) is 37.1 Å². The van der Waals surface area contributed by atoms with E-state index in [2.05, 4.69) is 22.2 Å². The van der Waals surface area contributed by atoms with E-state index in [0.29, 0.717) is 38.5 Å². The molecule has 0 radical (unpaired) electrons. The zero-order valence-corrected chi connectivity index (χ0v) is 59.7. The number of hydrogen-bond acceptors (Lipinski definition) is 34. The van der Waals surface area contributed by atoms with Crippen molar-refractivity contribution in [2.24, 2.45) is 39.4 Å². The van der Waals surface area contributed by atoms with Crippen molar-refractivity contribution in [3.63, 3.8) is 0 Å². The third-order valence-electron chi connectivity index (χ3n) is 23.7. The average molecular weight is 1520 g/mol. The van der Waals surface area contributed by atoms with Crippen molar-refractivity contribution >= 4 is 43.1 Å². The number of cyclic esters (lactones) is 1. The standard InChI is InChI=1S/C61H98O37S3/c1-25(2)11-14-36-59(9,97-27(4)62)61(73)20-19-58(8)29-12-13-34-56(5,6)35(16-17-57(34,7)28(29)15-18-60(58,61)55(72)92-36)91-53-48(40(67)33(22-85-53)98-101(80,81)82)96-54-49(95-50-41(68)37(64)30(63)21-84-50)42(69)45(26(3)88-54)93-52-44(71)47(39(66)32(90-52)24-87-100(77,78)79)94-51-43(70)46(83-10)38(65)31(89-51)23-86-99(74,75)76/h11,26,28-54,63-71,73H,12-24H2,1-10H3,(H,74,75,76)(H,77,78,79)(H,80,81,82). The monoisotopic (exact) mass is 1520 g/mol. The lowest BCUT2D eigenvalue weighted by Gasteiger charge is -2.69. The van der Waals surface area contributed by atoms with Crippen molar-refractivity contribution < 1.29 is 174 Å². The van der Waals surface area contributed by atoms with Crippen molar-refractivity contribution in [3.8, 4) is 0 Å². The zero-order valence-electron chi connectivity index (χ0n) is 57.3. The summed E-state index contributed by atoms with van der Waals surface area (Å²) in [6, 6.07) is 0. The van der Waals surface area contributed by atoms with Crippen LogP contribution in [0.2, 0.25) is 0 Å². The Morgan fingerprint density at radius 2 is 1.14 bits per heavy atom. The highest BCUT2D eigenvalue weighted by molar-refractivity contribution is 7.81. The van der Waals surface area contributed by atoms with Gasteiger partial charge in [0, 0.05) is 20.5 Å². The Balaban J connectivity index is 0.918. The molecule has 33 unspecified atom stereocenters. The minimum Gasteiger partial charge on any atom is -0.457 e. The van der Waals surface area contributed by atoms with Gasteiger partial charge in [-0.05, 0) is 113 Å². The largest absolute Gasteiger partial charge is 0.457 e. The van der Waals surface area contributed by atoms with Crippen molar-refractivity contribution in [1.29, 1.82) is 0 Å². The lowest BCUT2D eigenvalue weighted by Crippen LogP contribution is -2.77. The Labute approximate surface area is 583 Å². The van der Waals surface area contributed by atoms with Gasteiger partial charge in [0.2, 0.25) is 0 Å². The Kier molecular flexibility index (Phi) is 23.9. The first kappa shape index (κ1) is 81.0. The van der Waals surface area contributed by atoms with E-state index >= 15 is 0 Å². The van der Waals surface area contributed by atoms with E-state index in [1.807, 2.05) is 33.8 Å². The van der Waals surface area contributed by atoms with Crippen molar-refractivity contribution in [1.82, 2.24) is 0 Å². The van der Waals surface area contributed by atoms with Crippen LogP contribution in [0.3, 0.4) is 0 Å². The maximum atomic E-state index is 15.0. The van der Waals surface area contributed by atoms with Gasteiger partial charge in [-0.2, -0.15) is 25.3 Å². The van der Waals surface area contributed by atoms with Gasteiger partial charge in [-0.15, -0.1) is 0 Å². The molecule has 582 valence electrons. The summed E-state index contributed by atoms with van der Waals surface area (Å²) in [6.45, 7) is 12.4. The Morgan fingerprint density at radius 1 is 0.574 bits per heavy atom. The van der Waals surface area contributed by atoms with Crippen LogP contribution in [0.5, 0.6) is 0 Å². The fourth-order valence-electron chi connectivity index (χ4n) is 18.7. The van der Waals surface area contributed by atoms with Crippen LogP contribution in [0.4, 0.5) is 0 Å². The predicted molar refractivity (Wildman–Crippen MR) is 331 cm³/mol. The molecule has 4 saturated carbocycles. The third kappa shape index (κ3) is 15.2. The number of carbonyl (C=O) groups is 2. The number of methoxy groups -OCH3 is 1. The molecule has 0 amide bonds. The minimum atomic E-state index is -5.36. The number of allylic oxidation sites excluding steroid dienone is 1. The van der Waals surface area contributed by atoms with E-state index in [1.165, 1.54) is 13.8 Å². The van der Waals surface area contributed by atoms with Crippen LogP contribution < -0.4 is 0 Å². The van der Waals surface area contributed by atoms with Crippen LogP contribution in [0, 0.1) is 39.4 Å². The summed E-state index contributed by atoms with van der Waals surface area (Å²) in [4.78, 5) is 27.9. The van der Waals surface area contributed by atoms with Gasteiger partial charge in [-0.3, -0.25) is 23.2 Å². The molecule has 0 aromatic carbocycles. The summed E-state index contributed by atoms with van der Waals surface area (Å²) in [5.74, 6) is -1.42. The number of fused-ring (bicyclic) bond motifs is 4. The molecule has 4 aliphatic carbocycles. The number of hydrogen-bond donors (Lipinski definition) is 13. The van der Waals surface area contributed by atoms with Crippen LogP contribution >= 0.6 is 0 Å². The highest BCUT2D eigenvalue weighted by atomic mass is 32.3. The SMILES string of the molecule is COC1C(O)C(COS(=O)(=O)O)OC(OC2C(O)C(COS(=O)(=O)O)OC(OC3C(C)OC(OC4C(OC5CCC6(C)C7CCC89C(=O)OC(CC=C(C)C)C(C)(OC(C)=O)C8(O)CCC9(C)C7CCC6C5(C)C)OCC(OS(=O)(=O)O)C4O)C(OC4OCC(O)C(O)C4O)C3O)C2O)C1O. The minimum absolute atomic E-state index is 0.0192. The number of rotatable bonds is 22. The smallest absolute Gasteiger partial charge is 0.397 e. The molecule has 0 aromatic rings. The van der Waals surface area contributed by atoms with Crippen molar-refractivity contribution in [2.75, 3.05) is 33.5 Å². The van der Waals surface area contributed by atoms with Crippen LogP contribution in [-0.2, 0) is 115 Å². The van der Waals surface area contributed by atoms with Crippen molar-refractivity contribution in [2.45, 2.75) is 285 Å². The molecule has 40 heteroatoms. The van der Waals surface area contributed by atoms with Gasteiger partial charge in [0.05, 0.1) is 38.6 Å². The van der Waals surface area contributed by atoms with Gasteiger partial charge < -0.3 is 113 Å².